The van der Waals surface area contributed by atoms with Crippen LogP contribution in [-0.2, 0) is 0 Å². The number of hydrogen-bond acceptors (Lipinski definition) is 4. The van der Waals surface area contributed by atoms with Crippen molar-refractivity contribution < 1.29 is 9.59 Å². The molecule has 2 N–H and O–H groups in total. The van der Waals surface area contributed by atoms with Crippen molar-refractivity contribution in [3.05, 3.63) is 67.5 Å². The van der Waals surface area contributed by atoms with E-state index in [1.807, 2.05) is 17.5 Å². The maximum Gasteiger partial charge on any atom is 0.265 e. The Kier molecular flexibility index (Phi) is 4.90. The van der Waals surface area contributed by atoms with E-state index in [9.17, 15) is 9.59 Å². The Morgan fingerprint density at radius 2 is 1.57 bits per heavy atom. The minimum Gasteiger partial charge on any atom is -0.321 e. The third-order valence-electron chi connectivity index (χ3n) is 2.92. The van der Waals surface area contributed by atoms with Gasteiger partial charge in [0.05, 0.1) is 13.5 Å². The fraction of sp³-hybridized carbons (Fsp3) is 0. The molecule has 0 spiro atoms. The second-order valence-electron chi connectivity index (χ2n) is 4.57. The second-order valence-corrected chi connectivity index (χ2v) is 7.98. The number of rotatable bonds is 4. The van der Waals surface area contributed by atoms with Crippen molar-refractivity contribution in [3.63, 3.8) is 0 Å². The first-order valence-corrected chi connectivity index (χ1v) is 9.12. The number of hydrogen-bond donors (Lipinski definition) is 2. The third-order valence-corrected chi connectivity index (χ3v) is 5.41. The Hall–Kier alpha value is -1.96. The summed E-state index contributed by atoms with van der Waals surface area (Å²) in [5.74, 6) is -0.340. The molecule has 116 valence electrons. The van der Waals surface area contributed by atoms with Crippen molar-refractivity contribution in [2.24, 2.45) is 0 Å². The quantitative estimate of drug-likeness (QED) is 0.634. The van der Waals surface area contributed by atoms with Gasteiger partial charge in [0.15, 0.2) is 0 Å². The highest BCUT2D eigenvalue weighted by molar-refractivity contribution is 9.11. The summed E-state index contributed by atoms with van der Waals surface area (Å²) in [6.07, 6.45) is 0. The molecule has 0 aliphatic rings. The van der Waals surface area contributed by atoms with Crippen molar-refractivity contribution in [2.45, 2.75) is 0 Å². The van der Waals surface area contributed by atoms with Gasteiger partial charge in [-0.2, -0.15) is 0 Å². The maximum atomic E-state index is 12.1. The van der Waals surface area contributed by atoms with Gasteiger partial charge in [-0.3, -0.25) is 9.59 Å². The Labute approximate surface area is 149 Å². The van der Waals surface area contributed by atoms with E-state index in [0.717, 1.165) is 3.79 Å². The summed E-state index contributed by atoms with van der Waals surface area (Å²) in [4.78, 5) is 25.4. The molecule has 3 aromatic rings. The van der Waals surface area contributed by atoms with Crippen LogP contribution in [0.1, 0.15) is 19.3 Å². The first kappa shape index (κ1) is 15.9. The normalized spacial score (nSPS) is 10.3. The zero-order valence-electron chi connectivity index (χ0n) is 11.7. The molecule has 0 saturated heterocycles. The molecule has 3 rings (SSSR count). The van der Waals surface area contributed by atoms with Crippen LogP contribution in [0.4, 0.5) is 11.4 Å². The summed E-state index contributed by atoms with van der Waals surface area (Å²) in [5, 5.41) is 7.49. The van der Waals surface area contributed by atoms with E-state index in [2.05, 4.69) is 26.6 Å². The number of halogens is 1. The number of thiophene rings is 2. The Balaban J connectivity index is 1.70. The van der Waals surface area contributed by atoms with Crippen molar-refractivity contribution in [1.29, 1.82) is 0 Å². The number of anilines is 2. The zero-order valence-corrected chi connectivity index (χ0v) is 14.9. The van der Waals surface area contributed by atoms with Gasteiger partial charge in [0, 0.05) is 11.4 Å². The minimum absolute atomic E-state index is 0.161. The van der Waals surface area contributed by atoms with Gasteiger partial charge in [0.1, 0.15) is 0 Å². The predicted octanol–water partition coefficient (Wildman–Crippen LogP) is 5.08. The van der Waals surface area contributed by atoms with Crippen LogP contribution in [0.2, 0.25) is 0 Å². The highest BCUT2D eigenvalue weighted by atomic mass is 79.9. The monoisotopic (exact) mass is 406 g/mol. The van der Waals surface area contributed by atoms with E-state index in [1.165, 1.54) is 22.7 Å². The summed E-state index contributed by atoms with van der Waals surface area (Å²) in [7, 11) is 0. The molecule has 7 heteroatoms. The van der Waals surface area contributed by atoms with Gasteiger partial charge in [-0.05, 0) is 57.7 Å². The average Bonchev–Trinajstić information content (AvgIpc) is 3.18. The molecule has 0 aliphatic carbocycles. The lowest BCUT2D eigenvalue weighted by Gasteiger charge is -2.07. The summed E-state index contributed by atoms with van der Waals surface area (Å²) >= 11 is 6.08. The topological polar surface area (TPSA) is 58.2 Å². The highest BCUT2D eigenvalue weighted by Crippen LogP contribution is 2.24. The molecule has 0 radical (unpaired) electrons. The number of amides is 2. The molecule has 23 heavy (non-hydrogen) atoms. The van der Waals surface area contributed by atoms with Crippen LogP contribution in [0.15, 0.2) is 57.7 Å². The van der Waals surface area contributed by atoms with Crippen LogP contribution in [0.25, 0.3) is 0 Å². The summed E-state index contributed by atoms with van der Waals surface area (Å²) in [5.41, 5.74) is 1.26. The molecule has 0 fully saturated rings. The average molecular weight is 407 g/mol. The van der Waals surface area contributed by atoms with Crippen molar-refractivity contribution in [2.75, 3.05) is 10.6 Å². The third kappa shape index (κ3) is 4.07. The molecule has 0 bridgehead atoms. The number of nitrogens with one attached hydrogen (secondary N) is 2. The van der Waals surface area contributed by atoms with Crippen molar-refractivity contribution in [1.82, 2.24) is 0 Å². The van der Waals surface area contributed by atoms with Gasteiger partial charge in [0.2, 0.25) is 0 Å². The molecule has 0 atom stereocenters. The van der Waals surface area contributed by atoms with Crippen LogP contribution in [-0.4, -0.2) is 11.8 Å². The summed E-state index contributed by atoms with van der Waals surface area (Å²) < 4.78 is 0.902. The molecule has 2 amide bonds. The lowest BCUT2D eigenvalue weighted by Crippen LogP contribution is -2.12. The smallest absolute Gasteiger partial charge is 0.265 e. The molecule has 0 saturated carbocycles. The number of carbonyl (C=O) groups excluding carboxylic acids is 2. The van der Waals surface area contributed by atoms with Crippen LogP contribution < -0.4 is 10.6 Å². The largest absolute Gasteiger partial charge is 0.321 e. The van der Waals surface area contributed by atoms with Gasteiger partial charge < -0.3 is 10.6 Å². The van der Waals surface area contributed by atoms with E-state index in [-0.39, 0.29) is 11.8 Å². The van der Waals surface area contributed by atoms with Crippen molar-refractivity contribution in [3.8, 4) is 0 Å². The summed E-state index contributed by atoms with van der Waals surface area (Å²) in [6.45, 7) is 0. The first-order chi connectivity index (χ1) is 11.1. The fourth-order valence-electron chi connectivity index (χ4n) is 1.90. The summed E-state index contributed by atoms with van der Waals surface area (Å²) in [6, 6.07) is 14.2. The standard InChI is InChI=1S/C16H11BrN2O2S2/c17-14-7-6-13(23-14)16(21)19-11-4-1-3-10(9-11)18-15(20)12-5-2-8-22-12/h1-9H,(H,18,20)(H,19,21). The van der Waals surface area contributed by atoms with Crippen LogP contribution >= 0.6 is 38.6 Å². The maximum absolute atomic E-state index is 12.1. The Bertz CT molecular complexity index is 843. The molecular weight excluding hydrogens is 396 g/mol. The van der Waals surface area contributed by atoms with E-state index in [4.69, 9.17) is 0 Å². The Morgan fingerprint density at radius 1 is 0.870 bits per heavy atom. The first-order valence-electron chi connectivity index (χ1n) is 6.63. The van der Waals surface area contributed by atoms with E-state index in [0.29, 0.717) is 21.1 Å². The molecule has 2 aromatic heterocycles. The SMILES string of the molecule is O=C(Nc1cccc(NC(=O)c2ccc(Br)s2)c1)c1cccs1. The van der Waals surface area contributed by atoms with Crippen LogP contribution in [0.5, 0.6) is 0 Å². The molecule has 1 aromatic carbocycles. The fourth-order valence-corrected chi connectivity index (χ4v) is 3.80. The second kappa shape index (κ2) is 7.08. The molecule has 0 aliphatic heterocycles. The lowest BCUT2D eigenvalue weighted by molar-refractivity contribution is 0.102. The van der Waals surface area contributed by atoms with E-state index in [1.54, 1.807) is 36.4 Å². The van der Waals surface area contributed by atoms with Gasteiger partial charge in [-0.15, -0.1) is 22.7 Å². The molecule has 0 unspecified atom stereocenters. The lowest BCUT2D eigenvalue weighted by atomic mass is 10.2. The van der Waals surface area contributed by atoms with Crippen molar-refractivity contribution >= 4 is 61.8 Å². The molecular formula is C16H11BrN2O2S2. The molecule has 4 nitrogen and oxygen atoms in total. The van der Waals surface area contributed by atoms with E-state index >= 15 is 0 Å². The van der Waals surface area contributed by atoms with Gasteiger partial charge in [0.25, 0.3) is 11.8 Å². The number of carbonyl (C=O) groups is 2. The van der Waals surface area contributed by atoms with Crippen LogP contribution in [0.3, 0.4) is 0 Å². The van der Waals surface area contributed by atoms with Gasteiger partial charge >= 0.3 is 0 Å². The molecule has 2 heterocycles. The van der Waals surface area contributed by atoms with Gasteiger partial charge in [-0.25, -0.2) is 0 Å². The van der Waals surface area contributed by atoms with E-state index < -0.39 is 0 Å². The zero-order chi connectivity index (χ0) is 16.2. The predicted molar refractivity (Wildman–Crippen MR) is 98.7 cm³/mol. The Morgan fingerprint density at radius 3 is 2.13 bits per heavy atom. The highest BCUT2D eigenvalue weighted by Gasteiger charge is 2.10. The van der Waals surface area contributed by atoms with Crippen LogP contribution in [0, 0.1) is 0 Å². The van der Waals surface area contributed by atoms with Gasteiger partial charge in [-0.1, -0.05) is 12.1 Å². The minimum atomic E-state index is -0.178. The number of benzene rings is 1.